The van der Waals surface area contributed by atoms with Gasteiger partial charge in [-0.15, -0.1) is 0 Å². The van der Waals surface area contributed by atoms with E-state index >= 15 is 0 Å². The topological polar surface area (TPSA) is 54.4 Å². The number of hydrogen-bond donors (Lipinski definition) is 1. The van der Waals surface area contributed by atoms with Crippen molar-refractivity contribution in [1.29, 1.82) is 0 Å². The van der Waals surface area contributed by atoms with Crippen LogP contribution in [0.2, 0.25) is 0 Å². The van der Waals surface area contributed by atoms with E-state index in [-0.39, 0.29) is 28.8 Å². The molecule has 100 valence electrons. The fourth-order valence-corrected chi connectivity index (χ4v) is 2.52. The molecule has 0 radical (unpaired) electrons. The largest absolute Gasteiger partial charge is 0.511 e. The number of aliphatic hydroxyl groups excluding tert-OH is 1. The molecule has 1 rings (SSSR count). The number of allylic oxidation sites excluding steroid dienone is 3. The van der Waals surface area contributed by atoms with Crippen molar-refractivity contribution >= 4 is 11.6 Å². The lowest BCUT2D eigenvalue weighted by Gasteiger charge is -2.34. The summed E-state index contributed by atoms with van der Waals surface area (Å²) in [6, 6.07) is 0. The Morgan fingerprint density at radius 3 is 2.22 bits per heavy atom. The minimum atomic E-state index is -0.632. The van der Waals surface area contributed by atoms with E-state index < -0.39 is 5.41 Å². The second kappa shape index (κ2) is 4.71. The Morgan fingerprint density at radius 1 is 1.33 bits per heavy atom. The summed E-state index contributed by atoms with van der Waals surface area (Å²) in [5, 5.41) is 10.1. The fourth-order valence-electron chi connectivity index (χ4n) is 2.52. The molecule has 0 fully saturated rings. The molecule has 1 aliphatic rings. The van der Waals surface area contributed by atoms with Gasteiger partial charge in [0.2, 0.25) is 0 Å². The molecule has 0 atom stereocenters. The Labute approximate surface area is 109 Å². The van der Waals surface area contributed by atoms with E-state index in [0.29, 0.717) is 12.0 Å². The van der Waals surface area contributed by atoms with Gasteiger partial charge in [-0.25, -0.2) is 0 Å². The number of hydrogen-bond acceptors (Lipinski definition) is 3. The third kappa shape index (κ3) is 2.02. The number of carbonyl (C=O) groups is 2. The highest BCUT2D eigenvalue weighted by Gasteiger charge is 2.41. The molecule has 0 saturated carbocycles. The molecule has 0 unspecified atom stereocenters. The first-order valence-electron chi connectivity index (χ1n) is 6.39. The number of Topliss-reactive ketones (excluding diaryl/α,β-unsaturated/α-hetero) is 2. The normalized spacial score (nSPS) is 19.8. The molecular weight excluding hydrogens is 228 g/mol. The van der Waals surface area contributed by atoms with Crippen LogP contribution in [0.4, 0.5) is 0 Å². The number of ketones is 2. The van der Waals surface area contributed by atoms with Crippen LogP contribution in [-0.4, -0.2) is 16.7 Å². The zero-order valence-corrected chi connectivity index (χ0v) is 12.0. The molecular formula is C15H22O3. The molecule has 0 aromatic heterocycles. The van der Waals surface area contributed by atoms with Crippen LogP contribution in [-0.2, 0) is 9.59 Å². The second-order valence-corrected chi connectivity index (χ2v) is 5.65. The molecule has 0 amide bonds. The first-order chi connectivity index (χ1) is 8.16. The molecule has 3 nitrogen and oxygen atoms in total. The summed E-state index contributed by atoms with van der Waals surface area (Å²) in [6.45, 7) is 10.8. The molecule has 3 heteroatoms. The summed E-state index contributed by atoms with van der Waals surface area (Å²) < 4.78 is 0. The van der Waals surface area contributed by atoms with Crippen molar-refractivity contribution < 1.29 is 14.7 Å². The van der Waals surface area contributed by atoms with E-state index in [1.54, 1.807) is 20.8 Å². The van der Waals surface area contributed by atoms with Crippen LogP contribution in [0.25, 0.3) is 0 Å². The maximum atomic E-state index is 12.2. The minimum absolute atomic E-state index is 0.0876. The average molecular weight is 250 g/mol. The van der Waals surface area contributed by atoms with Crippen molar-refractivity contribution in [3.8, 4) is 0 Å². The van der Waals surface area contributed by atoms with Gasteiger partial charge < -0.3 is 5.11 Å². The van der Waals surface area contributed by atoms with Gasteiger partial charge in [-0.05, 0) is 32.8 Å². The van der Waals surface area contributed by atoms with Gasteiger partial charge in [-0.1, -0.05) is 20.8 Å². The van der Waals surface area contributed by atoms with Crippen molar-refractivity contribution in [2.75, 3.05) is 0 Å². The summed E-state index contributed by atoms with van der Waals surface area (Å²) in [4.78, 5) is 24.5. The smallest absolute Gasteiger partial charge is 0.195 e. The molecule has 18 heavy (non-hydrogen) atoms. The van der Waals surface area contributed by atoms with E-state index in [4.69, 9.17) is 0 Å². The third-order valence-corrected chi connectivity index (χ3v) is 3.70. The quantitative estimate of drug-likeness (QED) is 0.781. The van der Waals surface area contributed by atoms with Crippen LogP contribution in [0.5, 0.6) is 0 Å². The first-order valence-corrected chi connectivity index (χ1v) is 6.39. The number of aliphatic hydroxyl groups is 1. The van der Waals surface area contributed by atoms with Gasteiger partial charge >= 0.3 is 0 Å². The van der Waals surface area contributed by atoms with Crippen LogP contribution in [0.15, 0.2) is 22.5 Å². The summed E-state index contributed by atoms with van der Waals surface area (Å²) in [5.41, 5.74) is 0.690. The molecule has 1 aliphatic carbocycles. The van der Waals surface area contributed by atoms with Crippen molar-refractivity contribution in [3.63, 3.8) is 0 Å². The molecule has 0 spiro atoms. The number of carbonyl (C=O) groups excluding carboxylic acids is 2. The Hall–Kier alpha value is -1.38. The summed E-state index contributed by atoms with van der Waals surface area (Å²) in [6.07, 6.45) is 0.587. The van der Waals surface area contributed by atoms with E-state index in [9.17, 15) is 14.7 Å². The van der Waals surface area contributed by atoms with Gasteiger partial charge in [0.15, 0.2) is 11.6 Å². The Bertz CT molecular complexity index is 462. The lowest BCUT2D eigenvalue weighted by atomic mass is 9.70. The van der Waals surface area contributed by atoms with Crippen LogP contribution < -0.4 is 0 Å². The SMILES string of the molecule is CCC1=C(C(=O)C(C)C)C(=O)C(C)=C(O)C1(C)C. The van der Waals surface area contributed by atoms with Crippen LogP contribution in [0.3, 0.4) is 0 Å². The highest BCUT2D eigenvalue weighted by molar-refractivity contribution is 6.27. The minimum Gasteiger partial charge on any atom is -0.511 e. The van der Waals surface area contributed by atoms with Crippen molar-refractivity contribution in [1.82, 2.24) is 0 Å². The van der Waals surface area contributed by atoms with Crippen LogP contribution in [0.1, 0.15) is 48.0 Å². The standard InChI is InChI=1S/C15H22O3/c1-7-10-11(12(16)8(2)3)13(17)9(4)14(18)15(10,5)6/h8,18H,7H2,1-6H3. The average Bonchev–Trinajstić information content (AvgIpc) is 2.30. The molecule has 0 saturated heterocycles. The molecule has 0 aromatic rings. The van der Waals surface area contributed by atoms with Gasteiger partial charge in [-0.3, -0.25) is 9.59 Å². The second-order valence-electron chi connectivity index (χ2n) is 5.65. The van der Waals surface area contributed by atoms with Crippen molar-refractivity contribution in [2.45, 2.75) is 48.0 Å². The Morgan fingerprint density at radius 2 is 1.83 bits per heavy atom. The third-order valence-electron chi connectivity index (χ3n) is 3.70. The van der Waals surface area contributed by atoms with Crippen LogP contribution in [0, 0.1) is 11.3 Å². The predicted molar refractivity (Wildman–Crippen MR) is 71.3 cm³/mol. The molecule has 1 N–H and O–H groups in total. The van der Waals surface area contributed by atoms with Gasteiger partial charge in [-0.2, -0.15) is 0 Å². The Kier molecular flexibility index (Phi) is 3.84. The lowest BCUT2D eigenvalue weighted by molar-refractivity contribution is -0.122. The molecule has 0 heterocycles. The molecule has 0 bridgehead atoms. The van der Waals surface area contributed by atoms with Crippen molar-refractivity contribution in [2.24, 2.45) is 11.3 Å². The van der Waals surface area contributed by atoms with E-state index in [2.05, 4.69) is 0 Å². The van der Waals surface area contributed by atoms with Gasteiger partial charge in [0.05, 0.1) is 5.57 Å². The predicted octanol–water partition coefficient (Wildman–Crippen LogP) is 3.36. The molecule has 0 aliphatic heterocycles. The summed E-state index contributed by atoms with van der Waals surface area (Å²) in [7, 11) is 0. The van der Waals surface area contributed by atoms with Gasteiger partial charge in [0.25, 0.3) is 0 Å². The maximum absolute atomic E-state index is 12.2. The summed E-state index contributed by atoms with van der Waals surface area (Å²) >= 11 is 0. The highest BCUT2D eigenvalue weighted by Crippen LogP contribution is 2.43. The van der Waals surface area contributed by atoms with Crippen LogP contribution >= 0.6 is 0 Å². The van der Waals surface area contributed by atoms with Gasteiger partial charge in [0, 0.05) is 16.9 Å². The van der Waals surface area contributed by atoms with E-state index in [1.165, 1.54) is 0 Å². The lowest BCUT2D eigenvalue weighted by Crippen LogP contribution is -2.33. The maximum Gasteiger partial charge on any atom is 0.195 e. The zero-order valence-electron chi connectivity index (χ0n) is 12.0. The van der Waals surface area contributed by atoms with E-state index in [1.807, 2.05) is 20.8 Å². The zero-order chi connectivity index (χ0) is 14.2. The Balaban J connectivity index is 3.53. The summed E-state index contributed by atoms with van der Waals surface area (Å²) in [5.74, 6) is -0.571. The van der Waals surface area contributed by atoms with Crippen molar-refractivity contribution in [3.05, 3.63) is 22.5 Å². The first kappa shape index (κ1) is 14.7. The van der Waals surface area contributed by atoms with Gasteiger partial charge in [0.1, 0.15) is 5.76 Å². The van der Waals surface area contributed by atoms with E-state index in [0.717, 1.165) is 5.57 Å². The monoisotopic (exact) mass is 250 g/mol. The fraction of sp³-hybridized carbons (Fsp3) is 0.600. The highest BCUT2D eigenvalue weighted by atomic mass is 16.3. The molecule has 0 aromatic carbocycles. The number of rotatable bonds is 3.